The fourth-order valence-corrected chi connectivity index (χ4v) is 2.05. The number of pyridine rings is 1. The first kappa shape index (κ1) is 14.2. The smallest absolute Gasteiger partial charge is 0.239 e. The summed E-state index contributed by atoms with van der Waals surface area (Å²) >= 11 is 0. The Morgan fingerprint density at radius 2 is 1.90 bits per heavy atom. The maximum absolute atomic E-state index is 12.2. The van der Waals surface area contributed by atoms with Gasteiger partial charge in [-0.15, -0.1) is 0 Å². The lowest BCUT2D eigenvalue weighted by Gasteiger charge is -2.21. The molecule has 0 fully saturated rings. The van der Waals surface area contributed by atoms with E-state index in [4.69, 9.17) is 5.73 Å². The van der Waals surface area contributed by atoms with Gasteiger partial charge in [-0.25, -0.2) is 0 Å². The van der Waals surface area contributed by atoms with Crippen LogP contribution in [0.25, 0.3) is 0 Å². The summed E-state index contributed by atoms with van der Waals surface area (Å²) in [5.74, 6) is -0.0699. The molecule has 4 heteroatoms. The van der Waals surface area contributed by atoms with E-state index in [1.807, 2.05) is 48.5 Å². The Morgan fingerprint density at radius 3 is 2.55 bits per heavy atom. The van der Waals surface area contributed by atoms with E-state index in [0.29, 0.717) is 13.0 Å². The number of aromatic nitrogens is 1. The van der Waals surface area contributed by atoms with Crippen molar-refractivity contribution in [2.75, 3.05) is 7.05 Å². The zero-order valence-electron chi connectivity index (χ0n) is 11.6. The summed E-state index contributed by atoms with van der Waals surface area (Å²) < 4.78 is 0. The van der Waals surface area contributed by atoms with Gasteiger partial charge in [0, 0.05) is 13.2 Å². The number of hydrogen-bond acceptors (Lipinski definition) is 3. The highest BCUT2D eigenvalue weighted by Crippen LogP contribution is 2.06. The number of rotatable bonds is 5. The first-order valence-electron chi connectivity index (χ1n) is 6.61. The minimum atomic E-state index is -0.522. The number of amides is 1. The van der Waals surface area contributed by atoms with Crippen molar-refractivity contribution in [3.8, 4) is 0 Å². The third kappa shape index (κ3) is 3.90. The highest BCUT2D eigenvalue weighted by molar-refractivity contribution is 5.81. The van der Waals surface area contributed by atoms with Gasteiger partial charge in [0.05, 0.1) is 18.3 Å². The van der Waals surface area contributed by atoms with Crippen molar-refractivity contribution in [2.24, 2.45) is 5.73 Å². The van der Waals surface area contributed by atoms with Crippen molar-refractivity contribution >= 4 is 5.91 Å². The van der Waals surface area contributed by atoms with Crippen LogP contribution in [0.2, 0.25) is 0 Å². The number of benzene rings is 1. The van der Waals surface area contributed by atoms with E-state index in [1.165, 1.54) is 0 Å². The van der Waals surface area contributed by atoms with Gasteiger partial charge < -0.3 is 10.6 Å². The molecule has 0 unspecified atom stereocenters. The predicted octanol–water partition coefficient (Wildman–Crippen LogP) is 1.61. The van der Waals surface area contributed by atoms with Crippen molar-refractivity contribution in [3.63, 3.8) is 0 Å². The van der Waals surface area contributed by atoms with Crippen LogP contribution in [0.4, 0.5) is 0 Å². The molecule has 1 heterocycles. The van der Waals surface area contributed by atoms with Crippen LogP contribution in [0.1, 0.15) is 11.3 Å². The maximum atomic E-state index is 12.2. The van der Waals surface area contributed by atoms with Gasteiger partial charge in [-0.2, -0.15) is 0 Å². The fourth-order valence-electron chi connectivity index (χ4n) is 2.05. The van der Waals surface area contributed by atoms with Crippen molar-refractivity contribution in [3.05, 3.63) is 66.0 Å². The van der Waals surface area contributed by atoms with E-state index in [-0.39, 0.29) is 5.91 Å². The third-order valence-corrected chi connectivity index (χ3v) is 3.12. The van der Waals surface area contributed by atoms with E-state index >= 15 is 0 Å². The van der Waals surface area contributed by atoms with E-state index < -0.39 is 6.04 Å². The highest BCUT2D eigenvalue weighted by Gasteiger charge is 2.18. The molecule has 0 spiro atoms. The third-order valence-electron chi connectivity index (χ3n) is 3.12. The lowest BCUT2D eigenvalue weighted by molar-refractivity contribution is -0.131. The van der Waals surface area contributed by atoms with Gasteiger partial charge in [-0.3, -0.25) is 9.78 Å². The molecule has 0 aliphatic heterocycles. The monoisotopic (exact) mass is 269 g/mol. The van der Waals surface area contributed by atoms with Gasteiger partial charge in [0.15, 0.2) is 0 Å². The molecule has 1 amide bonds. The van der Waals surface area contributed by atoms with Crippen LogP contribution in [-0.2, 0) is 17.8 Å². The Bertz CT molecular complexity index is 493. The molecule has 2 N–H and O–H groups in total. The predicted molar refractivity (Wildman–Crippen MR) is 78.8 cm³/mol. The van der Waals surface area contributed by atoms with Crippen LogP contribution in [0.15, 0.2) is 54.7 Å². The number of hydrogen-bond donors (Lipinski definition) is 1. The van der Waals surface area contributed by atoms with Gasteiger partial charge in [0.25, 0.3) is 0 Å². The van der Waals surface area contributed by atoms with E-state index in [0.717, 1.165) is 11.3 Å². The first-order chi connectivity index (χ1) is 9.66. The number of nitrogens with zero attached hydrogens (tertiary/aromatic N) is 2. The van der Waals surface area contributed by atoms with E-state index in [9.17, 15) is 4.79 Å². The molecule has 0 saturated carbocycles. The molecular weight excluding hydrogens is 250 g/mol. The van der Waals surface area contributed by atoms with Crippen LogP contribution in [0.3, 0.4) is 0 Å². The Hall–Kier alpha value is -2.20. The van der Waals surface area contributed by atoms with Gasteiger partial charge in [0.2, 0.25) is 5.91 Å². The zero-order chi connectivity index (χ0) is 14.4. The Balaban J connectivity index is 1.93. The normalized spacial score (nSPS) is 11.9. The minimum Gasteiger partial charge on any atom is -0.338 e. The molecule has 0 aliphatic carbocycles. The average molecular weight is 269 g/mol. The molecule has 2 rings (SSSR count). The number of carbonyl (C=O) groups excluding carboxylic acids is 1. The van der Waals surface area contributed by atoms with E-state index in [2.05, 4.69) is 4.98 Å². The van der Waals surface area contributed by atoms with Gasteiger partial charge >= 0.3 is 0 Å². The van der Waals surface area contributed by atoms with Crippen LogP contribution in [-0.4, -0.2) is 28.9 Å². The molecule has 1 aromatic heterocycles. The zero-order valence-corrected chi connectivity index (χ0v) is 11.6. The summed E-state index contributed by atoms with van der Waals surface area (Å²) in [7, 11) is 1.75. The molecule has 0 bridgehead atoms. The molecule has 1 aromatic carbocycles. The van der Waals surface area contributed by atoms with Crippen LogP contribution in [0.5, 0.6) is 0 Å². The molecule has 4 nitrogen and oxygen atoms in total. The molecule has 0 aliphatic rings. The van der Waals surface area contributed by atoms with Crippen molar-refractivity contribution in [1.29, 1.82) is 0 Å². The number of carbonyl (C=O) groups is 1. The minimum absolute atomic E-state index is 0.0699. The largest absolute Gasteiger partial charge is 0.338 e. The highest BCUT2D eigenvalue weighted by atomic mass is 16.2. The Kier molecular flexibility index (Phi) is 4.85. The van der Waals surface area contributed by atoms with Crippen LogP contribution < -0.4 is 5.73 Å². The van der Waals surface area contributed by atoms with Gasteiger partial charge in [0.1, 0.15) is 0 Å². The number of likely N-dealkylation sites (N-methyl/N-ethyl adjacent to an activating group) is 1. The lowest BCUT2D eigenvalue weighted by Crippen LogP contribution is -2.42. The van der Waals surface area contributed by atoms with Crippen LogP contribution >= 0.6 is 0 Å². The Morgan fingerprint density at radius 1 is 1.20 bits per heavy atom. The average Bonchev–Trinajstić information content (AvgIpc) is 2.48. The standard InChI is InChI=1S/C16H19N3O/c1-19(12-14-9-5-6-10-18-14)16(20)15(17)11-13-7-3-2-4-8-13/h2-10,15H,11-12,17H2,1H3/t15-/m0/s1. The second-order valence-corrected chi connectivity index (χ2v) is 4.81. The molecule has 0 saturated heterocycles. The van der Waals surface area contributed by atoms with Crippen molar-refractivity contribution in [1.82, 2.24) is 9.88 Å². The molecule has 1 atom stereocenters. The quantitative estimate of drug-likeness (QED) is 0.897. The number of nitrogens with two attached hydrogens (primary N) is 1. The van der Waals surface area contributed by atoms with Crippen molar-refractivity contribution in [2.45, 2.75) is 19.0 Å². The molecule has 0 radical (unpaired) electrons. The molecular formula is C16H19N3O. The van der Waals surface area contributed by atoms with E-state index in [1.54, 1.807) is 18.1 Å². The lowest BCUT2D eigenvalue weighted by atomic mass is 10.1. The van der Waals surface area contributed by atoms with Gasteiger partial charge in [-0.05, 0) is 24.1 Å². The SMILES string of the molecule is CN(Cc1ccccn1)C(=O)[C@@H](N)Cc1ccccc1. The maximum Gasteiger partial charge on any atom is 0.239 e. The summed E-state index contributed by atoms with van der Waals surface area (Å²) in [4.78, 5) is 18.1. The van der Waals surface area contributed by atoms with Crippen molar-refractivity contribution < 1.29 is 4.79 Å². The summed E-state index contributed by atoms with van der Waals surface area (Å²) in [5, 5.41) is 0. The second-order valence-electron chi connectivity index (χ2n) is 4.81. The molecule has 20 heavy (non-hydrogen) atoms. The molecule has 2 aromatic rings. The Labute approximate surface area is 119 Å². The topological polar surface area (TPSA) is 59.2 Å². The summed E-state index contributed by atoms with van der Waals surface area (Å²) in [5.41, 5.74) is 7.92. The first-order valence-corrected chi connectivity index (χ1v) is 6.61. The second kappa shape index (κ2) is 6.82. The summed E-state index contributed by atoms with van der Waals surface area (Å²) in [6.45, 7) is 0.474. The summed E-state index contributed by atoms with van der Waals surface area (Å²) in [6.07, 6.45) is 2.27. The van der Waals surface area contributed by atoms with Crippen LogP contribution in [0, 0.1) is 0 Å². The summed E-state index contributed by atoms with van der Waals surface area (Å²) in [6, 6.07) is 14.9. The van der Waals surface area contributed by atoms with Gasteiger partial charge in [-0.1, -0.05) is 36.4 Å². The fraction of sp³-hybridized carbons (Fsp3) is 0.250. The molecule has 104 valence electrons.